The molecule has 0 spiro atoms. The van der Waals surface area contributed by atoms with Crippen molar-refractivity contribution in [1.82, 2.24) is 4.48 Å². The maximum absolute atomic E-state index is 14.7. The van der Waals surface area contributed by atoms with Crippen molar-refractivity contribution in [3.63, 3.8) is 0 Å². The number of rotatable bonds is 1. The highest BCUT2D eigenvalue weighted by atomic mass is 79.9. The van der Waals surface area contributed by atoms with Gasteiger partial charge in [-0.15, -0.1) is 0 Å². The quantitative estimate of drug-likeness (QED) is 0.673. The molecule has 0 N–H and O–H groups in total. The van der Waals surface area contributed by atoms with Crippen LogP contribution < -0.4 is 0 Å². The van der Waals surface area contributed by atoms with Crippen molar-refractivity contribution in [3.8, 4) is 0 Å². The number of nitrogens with zero attached hydrogens (tertiary/aromatic N) is 2. The maximum atomic E-state index is 14.7. The Balaban J connectivity index is 2.04. The van der Waals surface area contributed by atoms with Crippen molar-refractivity contribution in [2.75, 3.05) is 0 Å². The van der Waals surface area contributed by atoms with Gasteiger partial charge >= 0.3 is 6.97 Å². The van der Waals surface area contributed by atoms with Gasteiger partial charge in [0.2, 0.25) is 0 Å². The lowest BCUT2D eigenvalue weighted by atomic mass is 9.86. The Kier molecular flexibility index (Phi) is 2.82. The van der Waals surface area contributed by atoms with E-state index in [0.717, 1.165) is 30.1 Å². The summed E-state index contributed by atoms with van der Waals surface area (Å²) < 4.78 is 32.5. The first-order valence-corrected chi connectivity index (χ1v) is 7.80. The van der Waals surface area contributed by atoms with E-state index in [9.17, 15) is 8.63 Å². The average molecular weight is 361 g/mol. The van der Waals surface area contributed by atoms with E-state index >= 15 is 0 Å². The zero-order chi connectivity index (χ0) is 15.5. The molecule has 1 aromatic carbocycles. The zero-order valence-electron chi connectivity index (χ0n) is 11.8. The van der Waals surface area contributed by atoms with Crippen LogP contribution in [0.4, 0.5) is 8.63 Å². The minimum Gasteiger partial charge on any atom is -0.396 e. The van der Waals surface area contributed by atoms with Crippen molar-refractivity contribution < 1.29 is 13.1 Å². The van der Waals surface area contributed by atoms with Gasteiger partial charge in [-0.05, 0) is 48.5 Å². The van der Waals surface area contributed by atoms with E-state index in [1.165, 1.54) is 12.4 Å². The second-order valence-electron chi connectivity index (χ2n) is 5.53. The van der Waals surface area contributed by atoms with E-state index in [1.807, 2.05) is 25.1 Å². The molecule has 2 aliphatic rings. The van der Waals surface area contributed by atoms with Crippen LogP contribution in [0, 0.1) is 6.92 Å². The Bertz CT molecular complexity index is 893. The molecule has 0 aliphatic carbocycles. The smallest absolute Gasteiger partial charge is 0.396 e. The van der Waals surface area contributed by atoms with Crippen LogP contribution in [0.3, 0.4) is 0 Å². The first-order valence-electron chi connectivity index (χ1n) is 7.00. The number of hydrogen-bond donors (Lipinski definition) is 0. The van der Waals surface area contributed by atoms with Crippen LogP contribution in [0.25, 0.3) is 5.57 Å². The summed E-state index contributed by atoms with van der Waals surface area (Å²) in [5.74, 6) is 0. The fourth-order valence-corrected chi connectivity index (χ4v) is 3.36. The van der Waals surface area contributed by atoms with Crippen LogP contribution in [0.2, 0.25) is 0 Å². The summed E-state index contributed by atoms with van der Waals surface area (Å²) in [7, 11) is 0. The molecule has 6 heteroatoms. The van der Waals surface area contributed by atoms with Crippen molar-refractivity contribution in [3.05, 3.63) is 75.7 Å². The molecule has 2 nitrogen and oxygen atoms in total. The highest BCUT2D eigenvalue weighted by Crippen LogP contribution is 2.38. The third kappa shape index (κ3) is 1.73. The van der Waals surface area contributed by atoms with Gasteiger partial charge in [-0.1, -0.05) is 22.0 Å². The topological polar surface area (TPSA) is 7.94 Å². The van der Waals surface area contributed by atoms with E-state index in [2.05, 4.69) is 15.9 Å². The number of hydrogen-bond acceptors (Lipinski definition) is 0. The SMILES string of the molecule is Cc1cc(C2=C3C=CC=[N+]3[B-](F)(F)n3cccc32)ccc1Br. The van der Waals surface area contributed by atoms with Gasteiger partial charge in [0, 0.05) is 22.3 Å². The predicted octanol–water partition coefficient (Wildman–Crippen LogP) is 4.21. The second kappa shape index (κ2) is 4.52. The summed E-state index contributed by atoms with van der Waals surface area (Å²) in [6.07, 6.45) is 6.32. The van der Waals surface area contributed by atoms with Crippen molar-refractivity contribution in [2.45, 2.75) is 6.92 Å². The number of benzene rings is 1. The third-order valence-electron chi connectivity index (χ3n) is 4.19. The highest BCUT2D eigenvalue weighted by Gasteiger charge is 2.51. The van der Waals surface area contributed by atoms with Crippen molar-refractivity contribution >= 4 is 34.7 Å². The van der Waals surface area contributed by atoms with Crippen LogP contribution in [0.5, 0.6) is 0 Å². The fourth-order valence-electron chi connectivity index (χ4n) is 3.11. The largest absolute Gasteiger partial charge is 0.737 e. The molecule has 1 aromatic heterocycles. The number of aromatic nitrogens is 1. The Hall–Kier alpha value is -1.95. The van der Waals surface area contributed by atoms with Crippen LogP contribution in [0.1, 0.15) is 16.8 Å². The molecule has 0 saturated heterocycles. The summed E-state index contributed by atoms with van der Waals surface area (Å²) in [6, 6.07) is 9.35. The normalized spacial score (nSPS) is 18.3. The molecule has 110 valence electrons. The Morgan fingerprint density at radius 3 is 2.82 bits per heavy atom. The molecule has 0 fully saturated rings. The molecule has 0 unspecified atom stereocenters. The highest BCUT2D eigenvalue weighted by molar-refractivity contribution is 9.10. The molecule has 22 heavy (non-hydrogen) atoms. The lowest BCUT2D eigenvalue weighted by Crippen LogP contribution is -2.49. The van der Waals surface area contributed by atoms with E-state index in [0.29, 0.717) is 11.4 Å². The minimum atomic E-state index is -3.83. The molecule has 2 aromatic rings. The summed E-state index contributed by atoms with van der Waals surface area (Å²) in [5, 5.41) is 0. The van der Waals surface area contributed by atoms with Gasteiger partial charge in [-0.2, -0.15) is 0 Å². The molecule has 2 aliphatic heterocycles. The fraction of sp³-hybridized carbons (Fsp3) is 0.0625. The van der Waals surface area contributed by atoms with E-state index in [-0.39, 0.29) is 0 Å². The summed E-state index contributed by atoms with van der Waals surface area (Å²) in [6.45, 7) is -1.83. The molecular weight excluding hydrogens is 349 g/mol. The lowest BCUT2D eigenvalue weighted by Gasteiger charge is -2.31. The first kappa shape index (κ1) is 13.7. The van der Waals surface area contributed by atoms with Gasteiger partial charge in [0.25, 0.3) is 0 Å². The standard InChI is InChI=1S/C16H12BBrF2N2/c1-11-10-12(6-7-13(11)18)16-14-4-2-8-21(14)17(19,20)22-9-3-5-15(16)22/h2-10H,1H3. The van der Waals surface area contributed by atoms with Gasteiger partial charge in [0.05, 0.1) is 5.57 Å². The Labute approximate surface area is 135 Å². The van der Waals surface area contributed by atoms with Gasteiger partial charge in [0.1, 0.15) is 6.21 Å². The molecule has 0 saturated carbocycles. The van der Waals surface area contributed by atoms with Gasteiger partial charge < -0.3 is 17.6 Å². The third-order valence-corrected chi connectivity index (χ3v) is 5.08. The van der Waals surface area contributed by atoms with Crippen molar-refractivity contribution in [2.24, 2.45) is 0 Å². The van der Waals surface area contributed by atoms with Crippen LogP contribution in [-0.4, -0.2) is 22.1 Å². The number of aryl methyl sites for hydroxylation is 1. The number of fused-ring (bicyclic) bond motifs is 2. The predicted molar refractivity (Wildman–Crippen MR) is 88.2 cm³/mol. The maximum Gasteiger partial charge on any atom is 0.737 e. The first-order chi connectivity index (χ1) is 10.5. The molecule has 0 atom stereocenters. The lowest BCUT2D eigenvalue weighted by molar-refractivity contribution is -0.356. The second-order valence-corrected chi connectivity index (χ2v) is 6.38. The molecule has 0 bridgehead atoms. The van der Waals surface area contributed by atoms with Gasteiger partial charge in [-0.25, -0.2) is 0 Å². The zero-order valence-corrected chi connectivity index (χ0v) is 13.4. The average Bonchev–Trinajstić information content (AvgIpc) is 3.12. The number of halogens is 3. The van der Waals surface area contributed by atoms with Crippen molar-refractivity contribution in [1.29, 1.82) is 0 Å². The summed E-state index contributed by atoms with van der Waals surface area (Å²) >= 11 is 3.48. The monoisotopic (exact) mass is 360 g/mol. The van der Waals surface area contributed by atoms with Crippen LogP contribution in [0.15, 0.2) is 58.9 Å². The van der Waals surface area contributed by atoms with Crippen LogP contribution in [-0.2, 0) is 0 Å². The van der Waals surface area contributed by atoms with Gasteiger partial charge in [0.15, 0.2) is 5.70 Å². The molecular formula is C16H12BBrF2N2. The Morgan fingerprint density at radius 1 is 1.23 bits per heavy atom. The van der Waals surface area contributed by atoms with E-state index < -0.39 is 6.97 Å². The van der Waals surface area contributed by atoms with E-state index in [1.54, 1.807) is 24.3 Å². The van der Waals surface area contributed by atoms with Crippen LogP contribution >= 0.6 is 15.9 Å². The molecule has 0 amide bonds. The molecule has 0 radical (unpaired) electrons. The van der Waals surface area contributed by atoms with Gasteiger partial charge in [-0.3, -0.25) is 0 Å². The number of allylic oxidation sites excluding steroid dienone is 2. The Morgan fingerprint density at radius 2 is 2.05 bits per heavy atom. The molecule has 3 heterocycles. The summed E-state index contributed by atoms with van der Waals surface area (Å²) in [4.78, 5) is 0. The minimum absolute atomic E-state index is 0.554. The summed E-state index contributed by atoms with van der Waals surface area (Å²) in [5.41, 5.74) is 3.95. The molecule has 4 rings (SSSR count). The van der Waals surface area contributed by atoms with E-state index in [4.69, 9.17) is 0 Å².